The highest BCUT2D eigenvalue weighted by Crippen LogP contribution is 2.25. The van der Waals surface area contributed by atoms with E-state index >= 15 is 0 Å². The number of rotatable bonds is 7. The van der Waals surface area contributed by atoms with Crippen molar-refractivity contribution in [1.29, 1.82) is 0 Å². The number of carbonyl (C=O) groups is 1. The Morgan fingerprint density at radius 2 is 1.81 bits per heavy atom. The molecule has 1 heterocycles. The summed E-state index contributed by atoms with van der Waals surface area (Å²) >= 11 is 5.85. The van der Waals surface area contributed by atoms with Crippen molar-refractivity contribution in [2.24, 2.45) is 0 Å². The van der Waals surface area contributed by atoms with E-state index in [-0.39, 0.29) is 12.1 Å². The number of aromatic nitrogens is 1. The van der Waals surface area contributed by atoms with Gasteiger partial charge in [0.1, 0.15) is 5.75 Å². The van der Waals surface area contributed by atoms with Gasteiger partial charge >= 0.3 is 6.09 Å². The van der Waals surface area contributed by atoms with Crippen LogP contribution in [0.2, 0.25) is 5.02 Å². The van der Waals surface area contributed by atoms with Gasteiger partial charge in [0.05, 0.1) is 6.10 Å². The molecule has 27 heavy (non-hydrogen) atoms. The molecule has 5 nitrogen and oxygen atoms in total. The van der Waals surface area contributed by atoms with Crippen LogP contribution in [0.1, 0.15) is 32.1 Å². The largest absolute Gasteiger partial charge is 0.415 e. The summed E-state index contributed by atoms with van der Waals surface area (Å²) in [6.07, 6.45) is 8.97. The molecule has 0 N–H and O–H groups in total. The van der Waals surface area contributed by atoms with E-state index in [0.29, 0.717) is 16.9 Å². The highest BCUT2D eigenvalue weighted by Gasteiger charge is 2.27. The van der Waals surface area contributed by atoms with Crippen molar-refractivity contribution >= 4 is 17.7 Å². The Morgan fingerprint density at radius 1 is 1.15 bits per heavy atom. The third-order valence-electron chi connectivity index (χ3n) is 5.08. The maximum atomic E-state index is 12.3. The molecule has 1 aliphatic rings. The van der Waals surface area contributed by atoms with E-state index in [1.165, 1.54) is 0 Å². The minimum absolute atomic E-state index is 0.199. The maximum absolute atomic E-state index is 12.3. The van der Waals surface area contributed by atoms with E-state index in [9.17, 15) is 4.79 Å². The van der Waals surface area contributed by atoms with Crippen molar-refractivity contribution in [2.75, 3.05) is 13.7 Å². The van der Waals surface area contributed by atoms with Gasteiger partial charge in [-0.25, -0.2) is 4.79 Å². The first kappa shape index (κ1) is 19.8. The highest BCUT2D eigenvalue weighted by molar-refractivity contribution is 6.30. The molecule has 0 radical (unpaired) electrons. The van der Waals surface area contributed by atoms with Crippen LogP contribution in [-0.4, -0.2) is 41.4 Å². The molecule has 1 aromatic carbocycles. The number of hydrogen-bond donors (Lipinski definition) is 0. The van der Waals surface area contributed by atoms with Crippen molar-refractivity contribution < 1.29 is 14.3 Å². The van der Waals surface area contributed by atoms with Crippen LogP contribution in [0, 0.1) is 0 Å². The van der Waals surface area contributed by atoms with Crippen molar-refractivity contribution in [1.82, 2.24) is 9.47 Å². The Bertz CT molecular complexity index is 695. The molecule has 6 heteroatoms. The molecule has 0 spiro atoms. The summed E-state index contributed by atoms with van der Waals surface area (Å²) in [6, 6.07) is 11.1. The van der Waals surface area contributed by atoms with Gasteiger partial charge in [0.15, 0.2) is 0 Å². The minimum atomic E-state index is -0.326. The first-order valence-corrected chi connectivity index (χ1v) is 9.92. The number of amides is 1. The zero-order valence-electron chi connectivity index (χ0n) is 15.7. The predicted octanol–water partition coefficient (Wildman–Crippen LogP) is 4.99. The topological polar surface area (TPSA) is 43.7 Å². The number of aryl methyl sites for hydroxylation is 1. The number of hydrogen-bond acceptors (Lipinski definition) is 3. The van der Waals surface area contributed by atoms with Crippen LogP contribution >= 0.6 is 11.6 Å². The Morgan fingerprint density at radius 3 is 2.48 bits per heavy atom. The highest BCUT2D eigenvalue weighted by atomic mass is 35.5. The van der Waals surface area contributed by atoms with E-state index in [0.717, 1.165) is 45.3 Å². The van der Waals surface area contributed by atoms with Crippen molar-refractivity contribution in [3.05, 3.63) is 53.8 Å². The third kappa shape index (κ3) is 6.01. The predicted molar refractivity (Wildman–Crippen MR) is 106 cm³/mol. The molecule has 1 aliphatic carbocycles. The average Bonchev–Trinajstić information content (AvgIpc) is 3.20. The minimum Gasteiger partial charge on any atom is -0.410 e. The monoisotopic (exact) mass is 390 g/mol. The van der Waals surface area contributed by atoms with Gasteiger partial charge in [0.25, 0.3) is 0 Å². The van der Waals surface area contributed by atoms with Gasteiger partial charge in [0.2, 0.25) is 0 Å². The summed E-state index contributed by atoms with van der Waals surface area (Å²) in [5.74, 6) is 0.510. The van der Waals surface area contributed by atoms with Crippen molar-refractivity contribution in [3.8, 4) is 5.75 Å². The number of halogens is 1. The molecule has 0 bridgehead atoms. The molecule has 2 aromatic rings. The summed E-state index contributed by atoms with van der Waals surface area (Å²) in [5.41, 5.74) is 0. The van der Waals surface area contributed by atoms with E-state index < -0.39 is 0 Å². The summed E-state index contributed by atoms with van der Waals surface area (Å²) in [6.45, 7) is 1.77. The molecule has 3 rings (SSSR count). The quantitative estimate of drug-likeness (QED) is 0.625. The molecule has 0 saturated heterocycles. The molecular weight excluding hydrogens is 364 g/mol. The zero-order chi connectivity index (χ0) is 19.1. The smallest absolute Gasteiger partial charge is 0.410 e. The third-order valence-corrected chi connectivity index (χ3v) is 5.33. The average molecular weight is 391 g/mol. The van der Waals surface area contributed by atoms with Crippen LogP contribution < -0.4 is 4.74 Å². The van der Waals surface area contributed by atoms with Gasteiger partial charge in [-0.2, -0.15) is 0 Å². The first-order chi connectivity index (χ1) is 13.1. The van der Waals surface area contributed by atoms with Gasteiger partial charge in [0, 0.05) is 43.7 Å². The van der Waals surface area contributed by atoms with E-state index in [1.54, 1.807) is 36.2 Å². The number of benzene rings is 1. The van der Waals surface area contributed by atoms with Crippen LogP contribution in [-0.2, 0) is 11.3 Å². The Labute approximate surface area is 165 Å². The van der Waals surface area contributed by atoms with E-state index in [2.05, 4.69) is 17.0 Å². The van der Waals surface area contributed by atoms with Gasteiger partial charge in [-0.15, -0.1) is 0 Å². The molecule has 0 unspecified atom stereocenters. The molecule has 1 fully saturated rings. The maximum Gasteiger partial charge on any atom is 0.415 e. The van der Waals surface area contributed by atoms with E-state index in [4.69, 9.17) is 21.1 Å². The van der Waals surface area contributed by atoms with Crippen LogP contribution in [0.25, 0.3) is 0 Å². The second kappa shape index (κ2) is 9.81. The number of ether oxygens (including phenoxy) is 2. The Balaban J connectivity index is 1.35. The molecule has 146 valence electrons. The lowest BCUT2D eigenvalue weighted by atomic mass is 9.92. The van der Waals surface area contributed by atoms with Crippen molar-refractivity contribution in [3.63, 3.8) is 0 Å². The van der Waals surface area contributed by atoms with Gasteiger partial charge in [-0.05, 0) is 68.5 Å². The molecule has 1 amide bonds. The second-order valence-corrected chi connectivity index (χ2v) is 7.44. The van der Waals surface area contributed by atoms with E-state index in [1.807, 2.05) is 12.1 Å². The summed E-state index contributed by atoms with van der Waals surface area (Å²) in [7, 11) is 1.81. The van der Waals surface area contributed by atoms with Crippen LogP contribution in [0.5, 0.6) is 5.75 Å². The second-order valence-electron chi connectivity index (χ2n) is 7.01. The molecule has 0 atom stereocenters. The molecule has 0 aliphatic heterocycles. The number of nitrogens with zero attached hydrogens (tertiary/aromatic N) is 2. The molecule has 1 saturated carbocycles. The fourth-order valence-electron chi connectivity index (χ4n) is 3.44. The van der Waals surface area contributed by atoms with Gasteiger partial charge in [-0.3, -0.25) is 0 Å². The van der Waals surface area contributed by atoms with Crippen molar-refractivity contribution in [2.45, 2.75) is 50.8 Å². The van der Waals surface area contributed by atoms with Gasteiger partial charge in [-0.1, -0.05) is 11.6 Å². The van der Waals surface area contributed by atoms with Crippen LogP contribution in [0.4, 0.5) is 4.79 Å². The lowest BCUT2D eigenvalue weighted by Crippen LogP contribution is -2.42. The van der Waals surface area contributed by atoms with Crippen LogP contribution in [0.3, 0.4) is 0 Å². The standard InChI is InChI=1S/C21H27ClN2O3/c1-23(21(25)27-20-9-5-17(22)6-10-20)18-7-11-19(12-8-18)26-16-4-15-24-13-2-3-14-24/h2-3,5-6,9-10,13-14,18-19H,4,7-8,11-12,15-16H2,1H3/t18-,19-. The summed E-state index contributed by atoms with van der Waals surface area (Å²) in [5, 5.41) is 0.620. The molecule has 1 aromatic heterocycles. The van der Waals surface area contributed by atoms with Gasteiger partial charge < -0.3 is 18.9 Å². The fourth-order valence-corrected chi connectivity index (χ4v) is 3.57. The Kier molecular flexibility index (Phi) is 7.18. The summed E-state index contributed by atoms with van der Waals surface area (Å²) < 4.78 is 13.6. The first-order valence-electron chi connectivity index (χ1n) is 9.54. The normalized spacial score (nSPS) is 19.6. The number of carbonyl (C=O) groups excluding carboxylic acids is 1. The lowest BCUT2D eigenvalue weighted by molar-refractivity contribution is 0.0100. The summed E-state index contributed by atoms with van der Waals surface area (Å²) in [4.78, 5) is 14.0. The Hall–Kier alpha value is -1.98. The molecular formula is C21H27ClN2O3. The SMILES string of the molecule is CN(C(=O)Oc1ccc(Cl)cc1)[C@H]1CC[C@H](OCCCn2cccc2)CC1. The fraction of sp³-hybridized carbons (Fsp3) is 0.476. The lowest BCUT2D eigenvalue weighted by Gasteiger charge is -2.34. The van der Waals surface area contributed by atoms with Crippen LogP contribution in [0.15, 0.2) is 48.8 Å². The zero-order valence-corrected chi connectivity index (χ0v) is 16.5.